The molecular weight excluding hydrogens is 312 g/mol. The molecule has 2 atom stereocenters. The van der Waals surface area contributed by atoms with Crippen molar-refractivity contribution < 1.29 is 13.6 Å². The van der Waals surface area contributed by atoms with Crippen molar-refractivity contribution in [2.75, 3.05) is 39.3 Å². The van der Waals surface area contributed by atoms with Gasteiger partial charge in [0.15, 0.2) is 0 Å². The highest BCUT2D eigenvalue weighted by Gasteiger charge is 2.31. The van der Waals surface area contributed by atoms with E-state index in [-0.39, 0.29) is 17.9 Å². The van der Waals surface area contributed by atoms with E-state index in [9.17, 15) is 13.6 Å². The van der Waals surface area contributed by atoms with Crippen LogP contribution >= 0.6 is 0 Å². The molecule has 4 nitrogen and oxygen atoms in total. The number of benzene rings is 1. The fraction of sp³-hybridized carbons (Fsp3) is 0.611. The van der Waals surface area contributed by atoms with Crippen LogP contribution in [0, 0.1) is 17.6 Å². The number of hydrogen-bond donors (Lipinski definition) is 1. The third-order valence-corrected chi connectivity index (χ3v) is 5.18. The summed E-state index contributed by atoms with van der Waals surface area (Å²) in [6.07, 6.45) is 1.67. The molecule has 2 fully saturated rings. The average Bonchev–Trinajstić information content (AvgIpc) is 3.12. The van der Waals surface area contributed by atoms with E-state index >= 15 is 0 Å². The molecule has 1 aromatic rings. The molecule has 0 unspecified atom stereocenters. The van der Waals surface area contributed by atoms with Crippen molar-refractivity contribution in [3.8, 4) is 0 Å². The van der Waals surface area contributed by atoms with Crippen molar-refractivity contribution in [3.05, 3.63) is 35.4 Å². The second-order valence-corrected chi connectivity index (χ2v) is 6.64. The molecule has 1 aromatic carbocycles. The van der Waals surface area contributed by atoms with Gasteiger partial charge in [-0.15, -0.1) is 0 Å². The molecule has 1 amide bonds. The number of carbonyl (C=O) groups excluding carboxylic acids is 1. The van der Waals surface area contributed by atoms with Gasteiger partial charge < -0.3 is 10.2 Å². The second-order valence-electron chi connectivity index (χ2n) is 6.64. The minimum Gasteiger partial charge on any atom is -0.340 e. The van der Waals surface area contributed by atoms with Gasteiger partial charge in [0.1, 0.15) is 11.6 Å². The molecule has 1 N–H and O–H groups in total. The predicted molar refractivity (Wildman–Crippen MR) is 88.5 cm³/mol. The summed E-state index contributed by atoms with van der Waals surface area (Å²) in [4.78, 5) is 16.6. The molecule has 0 aromatic heterocycles. The van der Waals surface area contributed by atoms with Crippen LogP contribution in [0.25, 0.3) is 0 Å². The Morgan fingerprint density at radius 3 is 2.62 bits per heavy atom. The zero-order chi connectivity index (χ0) is 17.1. The normalized spacial score (nSPS) is 23.5. The monoisotopic (exact) mass is 337 g/mol. The van der Waals surface area contributed by atoms with Crippen LogP contribution in [-0.4, -0.2) is 55.0 Å². The molecule has 2 saturated heterocycles. The van der Waals surface area contributed by atoms with Gasteiger partial charge >= 0.3 is 0 Å². The third-order valence-electron chi connectivity index (χ3n) is 5.18. The van der Waals surface area contributed by atoms with E-state index in [0.717, 1.165) is 45.1 Å². The number of piperazine rings is 1. The zero-order valence-corrected chi connectivity index (χ0v) is 14.1. The predicted octanol–water partition coefficient (Wildman–Crippen LogP) is 2.17. The van der Waals surface area contributed by atoms with E-state index in [1.165, 1.54) is 6.07 Å². The van der Waals surface area contributed by atoms with E-state index < -0.39 is 11.6 Å². The summed E-state index contributed by atoms with van der Waals surface area (Å²) in [5.41, 5.74) is 0.540. The Hall–Kier alpha value is -1.53. The van der Waals surface area contributed by atoms with Crippen molar-refractivity contribution in [1.82, 2.24) is 15.1 Å². The van der Waals surface area contributed by atoms with E-state index in [1.807, 2.05) is 11.8 Å². The number of halogens is 2. The zero-order valence-electron chi connectivity index (χ0n) is 14.1. The highest BCUT2D eigenvalue weighted by Crippen LogP contribution is 2.28. The molecule has 0 radical (unpaired) electrons. The molecule has 132 valence electrons. The Balaban J connectivity index is 1.63. The van der Waals surface area contributed by atoms with Crippen LogP contribution in [0.4, 0.5) is 8.78 Å². The highest BCUT2D eigenvalue weighted by molar-refractivity contribution is 5.79. The lowest BCUT2D eigenvalue weighted by atomic mass is 10.0. The number of rotatable bonds is 4. The molecule has 0 spiro atoms. The topological polar surface area (TPSA) is 35.6 Å². The van der Waals surface area contributed by atoms with Crippen molar-refractivity contribution >= 4 is 5.91 Å². The summed E-state index contributed by atoms with van der Waals surface area (Å²) < 4.78 is 27.3. The van der Waals surface area contributed by atoms with Crippen LogP contribution in [-0.2, 0) is 4.79 Å². The molecule has 6 heteroatoms. The minimum absolute atomic E-state index is 0.0731. The SMILES string of the molecule is CC[C@H](c1ccc(F)cc1F)N1CCN(C(=O)[C@@H]2CCNC2)CC1. The van der Waals surface area contributed by atoms with Gasteiger partial charge in [-0.25, -0.2) is 8.78 Å². The first-order valence-corrected chi connectivity index (χ1v) is 8.78. The molecule has 3 rings (SSSR count). The van der Waals surface area contributed by atoms with Crippen LogP contribution in [0.5, 0.6) is 0 Å². The summed E-state index contributed by atoms with van der Waals surface area (Å²) in [6, 6.07) is 3.73. The Morgan fingerprint density at radius 2 is 2.04 bits per heavy atom. The molecule has 2 aliphatic rings. The lowest BCUT2D eigenvalue weighted by Crippen LogP contribution is -2.51. The molecule has 0 saturated carbocycles. The van der Waals surface area contributed by atoms with Gasteiger partial charge in [-0.2, -0.15) is 0 Å². The fourth-order valence-corrected chi connectivity index (χ4v) is 3.82. The molecule has 2 aliphatic heterocycles. The highest BCUT2D eigenvalue weighted by atomic mass is 19.1. The maximum atomic E-state index is 14.1. The van der Waals surface area contributed by atoms with Gasteiger partial charge in [0.2, 0.25) is 5.91 Å². The fourth-order valence-electron chi connectivity index (χ4n) is 3.82. The number of carbonyl (C=O) groups is 1. The molecule has 0 aliphatic carbocycles. The van der Waals surface area contributed by atoms with Gasteiger partial charge in [0.05, 0.1) is 5.92 Å². The minimum atomic E-state index is -0.549. The largest absolute Gasteiger partial charge is 0.340 e. The lowest BCUT2D eigenvalue weighted by Gasteiger charge is -2.40. The van der Waals surface area contributed by atoms with Gasteiger partial charge in [-0.1, -0.05) is 13.0 Å². The first-order chi connectivity index (χ1) is 11.6. The van der Waals surface area contributed by atoms with Gasteiger partial charge in [-0.05, 0) is 25.5 Å². The van der Waals surface area contributed by atoms with E-state index in [0.29, 0.717) is 18.7 Å². The molecular formula is C18H25F2N3O. The van der Waals surface area contributed by atoms with Crippen LogP contribution in [0.2, 0.25) is 0 Å². The number of nitrogens with zero attached hydrogens (tertiary/aromatic N) is 2. The average molecular weight is 337 g/mol. The van der Waals surface area contributed by atoms with Crippen molar-refractivity contribution in [1.29, 1.82) is 0 Å². The first-order valence-electron chi connectivity index (χ1n) is 8.78. The Morgan fingerprint density at radius 1 is 1.29 bits per heavy atom. The Bertz CT molecular complexity index is 582. The van der Waals surface area contributed by atoms with Crippen molar-refractivity contribution in [3.63, 3.8) is 0 Å². The standard InChI is InChI=1S/C18H25F2N3O/c1-2-17(15-4-3-14(19)11-16(15)20)22-7-9-23(10-8-22)18(24)13-5-6-21-12-13/h3-4,11,13,17,21H,2,5-10,12H2,1H3/t13-,17-/m1/s1. The molecule has 2 heterocycles. The Labute approximate surface area is 141 Å². The van der Waals surface area contributed by atoms with Crippen LogP contribution in [0.15, 0.2) is 18.2 Å². The van der Waals surface area contributed by atoms with Crippen molar-refractivity contribution in [2.45, 2.75) is 25.8 Å². The summed E-state index contributed by atoms with van der Waals surface area (Å²) in [6.45, 7) is 6.50. The van der Waals surface area contributed by atoms with Crippen LogP contribution in [0.3, 0.4) is 0 Å². The third kappa shape index (κ3) is 3.59. The summed E-state index contributed by atoms with van der Waals surface area (Å²) in [5.74, 6) is -0.696. The lowest BCUT2D eigenvalue weighted by molar-refractivity contribution is -0.137. The number of amides is 1. The summed E-state index contributed by atoms with van der Waals surface area (Å²) in [7, 11) is 0. The smallest absolute Gasteiger partial charge is 0.227 e. The maximum Gasteiger partial charge on any atom is 0.227 e. The second kappa shape index (κ2) is 7.57. The maximum absolute atomic E-state index is 14.1. The first kappa shape index (κ1) is 17.3. The summed E-state index contributed by atoms with van der Waals surface area (Å²) in [5, 5.41) is 3.23. The van der Waals surface area contributed by atoms with Crippen LogP contribution in [0.1, 0.15) is 31.4 Å². The number of nitrogens with one attached hydrogen (secondary N) is 1. The van der Waals surface area contributed by atoms with E-state index in [1.54, 1.807) is 6.07 Å². The quantitative estimate of drug-likeness (QED) is 0.915. The van der Waals surface area contributed by atoms with Gasteiger partial charge in [0.25, 0.3) is 0 Å². The van der Waals surface area contributed by atoms with Crippen molar-refractivity contribution in [2.24, 2.45) is 5.92 Å². The van der Waals surface area contributed by atoms with E-state index in [2.05, 4.69) is 10.2 Å². The van der Waals surface area contributed by atoms with Gasteiger partial charge in [-0.3, -0.25) is 9.69 Å². The molecule has 24 heavy (non-hydrogen) atoms. The number of hydrogen-bond acceptors (Lipinski definition) is 3. The van der Waals surface area contributed by atoms with Crippen LogP contribution < -0.4 is 5.32 Å². The van der Waals surface area contributed by atoms with E-state index in [4.69, 9.17) is 0 Å². The Kier molecular flexibility index (Phi) is 5.46. The summed E-state index contributed by atoms with van der Waals surface area (Å²) >= 11 is 0. The molecule has 0 bridgehead atoms. The van der Waals surface area contributed by atoms with Gasteiger partial charge in [0, 0.05) is 50.4 Å².